The van der Waals surface area contributed by atoms with E-state index in [4.69, 9.17) is 0 Å². The number of pyridine rings is 1. The Labute approximate surface area is 137 Å². The molecule has 0 atom stereocenters. The van der Waals surface area contributed by atoms with Gasteiger partial charge in [0.05, 0.1) is 10.6 Å². The Bertz CT molecular complexity index is 827. The smallest absolute Gasteiger partial charge is 0.251 e. The molecule has 0 radical (unpaired) electrons. The van der Waals surface area contributed by atoms with Gasteiger partial charge in [-0.2, -0.15) is 0 Å². The normalized spacial score (nSPS) is 10.5. The van der Waals surface area contributed by atoms with Gasteiger partial charge >= 0.3 is 0 Å². The summed E-state index contributed by atoms with van der Waals surface area (Å²) in [5, 5.41) is 2.83. The third-order valence-corrected chi connectivity index (χ3v) is 4.40. The molecule has 0 aliphatic carbocycles. The van der Waals surface area contributed by atoms with Gasteiger partial charge in [0.1, 0.15) is 5.82 Å². The van der Waals surface area contributed by atoms with Crippen LogP contribution >= 0.6 is 11.3 Å². The van der Waals surface area contributed by atoms with E-state index in [1.807, 2.05) is 19.1 Å². The van der Waals surface area contributed by atoms with Gasteiger partial charge in [0.25, 0.3) is 5.91 Å². The molecule has 2 heterocycles. The van der Waals surface area contributed by atoms with E-state index in [1.165, 1.54) is 17.0 Å². The molecule has 3 nitrogen and oxygen atoms in total. The molecule has 3 aromatic rings. The average Bonchev–Trinajstić information content (AvgIpc) is 3.01. The lowest BCUT2D eigenvalue weighted by Gasteiger charge is -2.06. The van der Waals surface area contributed by atoms with Crippen LogP contribution in [0, 0.1) is 12.7 Å². The van der Waals surface area contributed by atoms with Gasteiger partial charge in [0, 0.05) is 23.2 Å². The molecule has 0 saturated heterocycles. The first kappa shape index (κ1) is 15.4. The first-order valence-electron chi connectivity index (χ1n) is 7.17. The summed E-state index contributed by atoms with van der Waals surface area (Å²) in [6.07, 6.45) is 1.64. The standard InChI is InChI=1S/C18H15FN2OS/c1-12-2-7-17(23-12)16-10-14(8-9-20-16)18(22)21-11-13-3-5-15(19)6-4-13/h2-10H,11H2,1H3,(H,21,22). The quantitative estimate of drug-likeness (QED) is 0.781. The third kappa shape index (κ3) is 3.81. The first-order chi connectivity index (χ1) is 11.1. The minimum absolute atomic E-state index is 0.175. The molecule has 1 amide bonds. The van der Waals surface area contributed by atoms with E-state index in [9.17, 15) is 9.18 Å². The zero-order valence-corrected chi connectivity index (χ0v) is 13.4. The van der Waals surface area contributed by atoms with Crippen LogP contribution in [-0.4, -0.2) is 10.9 Å². The van der Waals surface area contributed by atoms with E-state index in [-0.39, 0.29) is 11.7 Å². The molecule has 2 aromatic heterocycles. The second-order valence-electron chi connectivity index (χ2n) is 5.15. The zero-order valence-electron chi connectivity index (χ0n) is 12.5. The van der Waals surface area contributed by atoms with Crippen LogP contribution in [0.4, 0.5) is 4.39 Å². The van der Waals surface area contributed by atoms with Crippen LogP contribution in [0.3, 0.4) is 0 Å². The molecule has 5 heteroatoms. The summed E-state index contributed by atoms with van der Waals surface area (Å²) in [6.45, 7) is 2.39. The van der Waals surface area contributed by atoms with Gasteiger partial charge in [-0.05, 0) is 48.9 Å². The average molecular weight is 326 g/mol. The van der Waals surface area contributed by atoms with Crippen molar-refractivity contribution in [3.63, 3.8) is 0 Å². The number of aryl methyl sites for hydroxylation is 1. The number of benzene rings is 1. The maximum absolute atomic E-state index is 12.9. The number of nitrogens with one attached hydrogen (secondary N) is 1. The highest BCUT2D eigenvalue weighted by atomic mass is 32.1. The second kappa shape index (κ2) is 6.71. The van der Waals surface area contributed by atoms with Crippen molar-refractivity contribution in [2.75, 3.05) is 0 Å². The highest BCUT2D eigenvalue weighted by Gasteiger charge is 2.09. The van der Waals surface area contributed by atoms with Crippen molar-refractivity contribution in [1.29, 1.82) is 0 Å². The Kier molecular flexibility index (Phi) is 4.48. The van der Waals surface area contributed by atoms with E-state index in [0.29, 0.717) is 12.1 Å². The third-order valence-electron chi connectivity index (χ3n) is 3.38. The van der Waals surface area contributed by atoms with Crippen molar-refractivity contribution in [3.05, 3.63) is 76.5 Å². The lowest BCUT2D eigenvalue weighted by Crippen LogP contribution is -2.22. The summed E-state index contributed by atoms with van der Waals surface area (Å²) < 4.78 is 12.9. The number of nitrogens with zero attached hydrogens (tertiary/aromatic N) is 1. The highest BCUT2D eigenvalue weighted by molar-refractivity contribution is 7.15. The summed E-state index contributed by atoms with van der Waals surface area (Å²) in [6, 6.07) is 13.6. The molecule has 1 N–H and O–H groups in total. The van der Waals surface area contributed by atoms with Crippen LogP contribution in [0.25, 0.3) is 10.6 Å². The molecule has 0 unspecified atom stereocenters. The number of carbonyl (C=O) groups excluding carboxylic acids is 1. The van der Waals surface area contributed by atoms with E-state index in [2.05, 4.69) is 10.3 Å². The maximum atomic E-state index is 12.9. The molecule has 0 aliphatic heterocycles. The minimum atomic E-state index is -0.287. The SMILES string of the molecule is Cc1ccc(-c2cc(C(=O)NCc3ccc(F)cc3)ccn2)s1. The molecule has 23 heavy (non-hydrogen) atoms. The molecule has 116 valence electrons. The summed E-state index contributed by atoms with van der Waals surface area (Å²) in [5.41, 5.74) is 2.20. The van der Waals surface area contributed by atoms with E-state index in [1.54, 1.807) is 41.8 Å². The van der Waals surface area contributed by atoms with Crippen LogP contribution < -0.4 is 5.32 Å². The van der Waals surface area contributed by atoms with Gasteiger partial charge < -0.3 is 5.32 Å². The number of amides is 1. The number of carbonyl (C=O) groups is 1. The molecule has 1 aromatic carbocycles. The molecule has 0 fully saturated rings. The summed E-state index contributed by atoms with van der Waals surface area (Å²) >= 11 is 1.64. The van der Waals surface area contributed by atoms with Crippen molar-refractivity contribution >= 4 is 17.2 Å². The van der Waals surface area contributed by atoms with Crippen molar-refractivity contribution in [2.45, 2.75) is 13.5 Å². The van der Waals surface area contributed by atoms with Crippen molar-refractivity contribution in [3.8, 4) is 10.6 Å². The van der Waals surface area contributed by atoms with Gasteiger partial charge in [0.15, 0.2) is 0 Å². The number of aromatic nitrogens is 1. The monoisotopic (exact) mass is 326 g/mol. The fourth-order valence-corrected chi connectivity index (χ4v) is 3.00. The van der Waals surface area contributed by atoms with Crippen molar-refractivity contribution < 1.29 is 9.18 Å². The van der Waals surface area contributed by atoms with E-state index < -0.39 is 0 Å². The first-order valence-corrected chi connectivity index (χ1v) is 7.99. The lowest BCUT2D eigenvalue weighted by atomic mass is 10.2. The van der Waals surface area contributed by atoms with Gasteiger partial charge in [-0.3, -0.25) is 9.78 Å². The number of hydrogen-bond donors (Lipinski definition) is 1. The van der Waals surface area contributed by atoms with E-state index >= 15 is 0 Å². The van der Waals surface area contributed by atoms with Crippen LogP contribution in [0.5, 0.6) is 0 Å². The minimum Gasteiger partial charge on any atom is -0.348 e. The van der Waals surface area contributed by atoms with E-state index in [0.717, 1.165) is 16.1 Å². The lowest BCUT2D eigenvalue weighted by molar-refractivity contribution is 0.0951. The Morgan fingerprint density at radius 2 is 1.96 bits per heavy atom. The van der Waals surface area contributed by atoms with Gasteiger partial charge in [-0.1, -0.05) is 12.1 Å². The number of rotatable bonds is 4. The van der Waals surface area contributed by atoms with Crippen LogP contribution in [0.15, 0.2) is 54.7 Å². The predicted molar refractivity (Wildman–Crippen MR) is 89.9 cm³/mol. The molecule has 0 aliphatic rings. The van der Waals surface area contributed by atoms with Crippen LogP contribution in [0.2, 0.25) is 0 Å². The van der Waals surface area contributed by atoms with Gasteiger partial charge in [-0.25, -0.2) is 4.39 Å². The molecular weight excluding hydrogens is 311 g/mol. The summed E-state index contributed by atoms with van der Waals surface area (Å²) in [5.74, 6) is -0.462. The number of thiophene rings is 1. The van der Waals surface area contributed by atoms with Crippen molar-refractivity contribution in [2.24, 2.45) is 0 Å². The van der Waals surface area contributed by atoms with Crippen LogP contribution in [-0.2, 0) is 6.54 Å². The number of halogens is 1. The fourth-order valence-electron chi connectivity index (χ4n) is 2.17. The Balaban J connectivity index is 1.71. The van der Waals surface area contributed by atoms with Gasteiger partial charge in [0.2, 0.25) is 0 Å². The Morgan fingerprint density at radius 3 is 2.65 bits per heavy atom. The fraction of sp³-hybridized carbons (Fsp3) is 0.111. The van der Waals surface area contributed by atoms with Crippen LogP contribution in [0.1, 0.15) is 20.8 Å². The summed E-state index contributed by atoms with van der Waals surface area (Å²) in [4.78, 5) is 18.8. The molecule has 3 rings (SSSR count). The molecular formula is C18H15FN2OS. The Morgan fingerprint density at radius 1 is 1.17 bits per heavy atom. The largest absolute Gasteiger partial charge is 0.348 e. The second-order valence-corrected chi connectivity index (χ2v) is 6.44. The zero-order chi connectivity index (χ0) is 16.2. The topological polar surface area (TPSA) is 42.0 Å². The number of hydrogen-bond acceptors (Lipinski definition) is 3. The molecule has 0 saturated carbocycles. The molecule has 0 spiro atoms. The van der Waals surface area contributed by atoms with Crippen molar-refractivity contribution in [1.82, 2.24) is 10.3 Å². The predicted octanol–water partition coefficient (Wildman–Crippen LogP) is 4.19. The maximum Gasteiger partial charge on any atom is 0.251 e. The Hall–Kier alpha value is -2.53. The highest BCUT2D eigenvalue weighted by Crippen LogP contribution is 2.26. The van der Waals surface area contributed by atoms with Gasteiger partial charge in [-0.15, -0.1) is 11.3 Å². The summed E-state index contributed by atoms with van der Waals surface area (Å²) in [7, 11) is 0. The molecule has 0 bridgehead atoms.